The number of aryl methyl sites for hydroxylation is 1. The molecule has 0 amide bonds. The average molecular weight is 546 g/mol. The third-order valence-corrected chi connectivity index (χ3v) is 10.2. The summed E-state index contributed by atoms with van der Waals surface area (Å²) in [7, 11) is 0. The smallest absolute Gasteiger partial charge is 0.477 e. The van der Waals surface area contributed by atoms with E-state index >= 15 is 0 Å². The Morgan fingerprint density at radius 3 is 2.70 bits per heavy atom. The van der Waals surface area contributed by atoms with Crippen LogP contribution in [0.25, 0.3) is 0 Å². The molecule has 2 heterocycles. The van der Waals surface area contributed by atoms with Crippen LogP contribution >= 0.6 is 0 Å². The molecule has 4 atom stereocenters. The van der Waals surface area contributed by atoms with Gasteiger partial charge in [-0.2, -0.15) is 0 Å². The lowest BCUT2D eigenvalue weighted by Gasteiger charge is -2.62. The normalized spacial score (nSPS) is 30.0. The van der Waals surface area contributed by atoms with Gasteiger partial charge in [0.05, 0.1) is 17.6 Å². The van der Waals surface area contributed by atoms with Crippen LogP contribution in [0.5, 0.6) is 11.5 Å². The van der Waals surface area contributed by atoms with Crippen molar-refractivity contribution in [3.8, 4) is 11.5 Å². The van der Waals surface area contributed by atoms with Crippen LogP contribution in [0.4, 0.5) is 4.79 Å². The van der Waals surface area contributed by atoms with Crippen LogP contribution in [0.1, 0.15) is 74.5 Å². The Morgan fingerprint density at radius 1 is 1.05 bits per heavy atom. The third-order valence-electron chi connectivity index (χ3n) is 10.2. The molecule has 0 aromatic heterocycles. The minimum absolute atomic E-state index is 0.0241. The van der Waals surface area contributed by atoms with Gasteiger partial charge in [-0.1, -0.05) is 49.2 Å². The molecule has 40 heavy (non-hydrogen) atoms. The molecule has 1 N–H and O–H groups in total. The first-order valence-corrected chi connectivity index (χ1v) is 15.2. The molecule has 4 unspecified atom stereocenters. The predicted molar refractivity (Wildman–Crippen MR) is 149 cm³/mol. The van der Waals surface area contributed by atoms with E-state index in [4.69, 9.17) is 14.2 Å². The van der Waals surface area contributed by atoms with Crippen LogP contribution in [-0.4, -0.2) is 59.4 Å². The molecule has 2 aliphatic heterocycles. The molecular formula is C33H39NO6. The second-order valence-corrected chi connectivity index (χ2v) is 12.5. The van der Waals surface area contributed by atoms with Gasteiger partial charge in [0.1, 0.15) is 0 Å². The SMILES string of the molecule is O=C(OCCCCCCc1ccccc1)Oc1ccc2c3c1OC1C(=O)CCC4(O)C(C2)N(CC2CC2)CCC314. The monoisotopic (exact) mass is 545 g/mol. The van der Waals surface area contributed by atoms with Crippen molar-refractivity contribution in [3.05, 3.63) is 59.2 Å². The summed E-state index contributed by atoms with van der Waals surface area (Å²) in [5.74, 6) is 1.49. The number of aliphatic hydroxyl groups is 1. The first-order chi connectivity index (χ1) is 19.5. The Bertz CT molecular complexity index is 1290. The quantitative estimate of drug-likeness (QED) is 0.251. The van der Waals surface area contributed by atoms with Gasteiger partial charge in [-0.15, -0.1) is 0 Å². The highest BCUT2D eigenvalue weighted by atomic mass is 16.7. The van der Waals surface area contributed by atoms with Gasteiger partial charge >= 0.3 is 6.16 Å². The summed E-state index contributed by atoms with van der Waals surface area (Å²) in [5.41, 5.74) is 1.52. The Hall–Kier alpha value is -2.90. The summed E-state index contributed by atoms with van der Waals surface area (Å²) >= 11 is 0. The Labute approximate surface area is 235 Å². The third kappa shape index (κ3) is 4.24. The van der Waals surface area contributed by atoms with Crippen molar-refractivity contribution in [2.75, 3.05) is 19.7 Å². The Morgan fingerprint density at radius 2 is 1.88 bits per heavy atom. The molecule has 2 bridgehead atoms. The van der Waals surface area contributed by atoms with Gasteiger partial charge in [0.15, 0.2) is 23.4 Å². The number of likely N-dealkylation sites (tertiary alicyclic amines) is 1. The van der Waals surface area contributed by atoms with Crippen LogP contribution < -0.4 is 9.47 Å². The number of benzene rings is 2. The van der Waals surface area contributed by atoms with Crippen molar-refractivity contribution in [1.82, 2.24) is 4.90 Å². The number of hydrogen-bond acceptors (Lipinski definition) is 7. The van der Waals surface area contributed by atoms with E-state index < -0.39 is 23.3 Å². The average Bonchev–Trinajstić information content (AvgIpc) is 3.70. The molecule has 2 saturated carbocycles. The summed E-state index contributed by atoms with van der Waals surface area (Å²) in [6.45, 7) is 2.16. The van der Waals surface area contributed by atoms with E-state index in [0.29, 0.717) is 38.0 Å². The number of rotatable bonds is 10. The van der Waals surface area contributed by atoms with Crippen LogP contribution in [0.2, 0.25) is 0 Å². The van der Waals surface area contributed by atoms with Crippen molar-refractivity contribution >= 4 is 11.9 Å². The van der Waals surface area contributed by atoms with Gasteiger partial charge in [-0.3, -0.25) is 9.69 Å². The summed E-state index contributed by atoms with van der Waals surface area (Å²) < 4.78 is 17.4. The second-order valence-electron chi connectivity index (χ2n) is 12.5. The number of unbranched alkanes of at least 4 members (excludes halogenated alkanes) is 3. The maximum absolute atomic E-state index is 13.2. The lowest BCUT2D eigenvalue weighted by Crippen LogP contribution is -2.76. The summed E-state index contributed by atoms with van der Waals surface area (Å²) in [6, 6.07) is 14.2. The fraction of sp³-hybridized carbons (Fsp3) is 0.576. The molecule has 1 saturated heterocycles. The van der Waals surface area contributed by atoms with E-state index in [1.54, 1.807) is 6.07 Å². The summed E-state index contributed by atoms with van der Waals surface area (Å²) in [4.78, 5) is 28.3. The molecule has 2 aromatic carbocycles. The van der Waals surface area contributed by atoms with E-state index in [1.807, 2.05) is 12.1 Å². The zero-order valence-corrected chi connectivity index (χ0v) is 23.1. The number of piperidine rings is 1. The molecule has 7 rings (SSSR count). The van der Waals surface area contributed by atoms with Gasteiger partial charge in [0.25, 0.3) is 0 Å². The fourth-order valence-electron chi connectivity index (χ4n) is 8.04. The first-order valence-electron chi connectivity index (χ1n) is 15.2. The van der Waals surface area contributed by atoms with Crippen LogP contribution in [-0.2, 0) is 27.8 Å². The van der Waals surface area contributed by atoms with Gasteiger partial charge in [0.2, 0.25) is 0 Å². The van der Waals surface area contributed by atoms with Crippen LogP contribution in [0, 0.1) is 5.92 Å². The molecule has 1 spiro atoms. The minimum atomic E-state index is -1.03. The van der Waals surface area contributed by atoms with E-state index in [1.165, 1.54) is 18.4 Å². The zero-order valence-electron chi connectivity index (χ0n) is 23.1. The van der Waals surface area contributed by atoms with Crippen molar-refractivity contribution in [3.63, 3.8) is 0 Å². The highest BCUT2D eigenvalue weighted by Gasteiger charge is 2.73. The highest BCUT2D eigenvalue weighted by molar-refractivity contribution is 5.90. The van der Waals surface area contributed by atoms with E-state index in [9.17, 15) is 14.7 Å². The van der Waals surface area contributed by atoms with Gasteiger partial charge in [-0.05, 0) is 81.0 Å². The molecule has 2 aromatic rings. The topological polar surface area (TPSA) is 85.3 Å². The molecule has 212 valence electrons. The van der Waals surface area contributed by atoms with E-state index in [-0.39, 0.29) is 17.6 Å². The molecular weight excluding hydrogens is 506 g/mol. The Kier molecular flexibility index (Phi) is 6.62. The lowest BCUT2D eigenvalue weighted by molar-refractivity contribution is -0.188. The van der Waals surface area contributed by atoms with Crippen molar-refractivity contribution in [1.29, 1.82) is 0 Å². The van der Waals surface area contributed by atoms with Gasteiger partial charge in [-0.25, -0.2) is 4.79 Å². The number of nitrogens with zero attached hydrogens (tertiary/aromatic N) is 1. The second kappa shape index (κ2) is 10.2. The largest absolute Gasteiger partial charge is 0.513 e. The number of ketones is 1. The zero-order chi connectivity index (χ0) is 27.3. The van der Waals surface area contributed by atoms with Crippen molar-refractivity contribution in [2.45, 2.75) is 93.8 Å². The van der Waals surface area contributed by atoms with Gasteiger partial charge in [0, 0.05) is 24.6 Å². The van der Waals surface area contributed by atoms with Crippen LogP contribution in [0.3, 0.4) is 0 Å². The fourth-order valence-corrected chi connectivity index (χ4v) is 8.04. The lowest BCUT2D eigenvalue weighted by atomic mass is 9.49. The minimum Gasteiger partial charge on any atom is -0.477 e. The Balaban J connectivity index is 1.02. The molecule has 7 heteroatoms. The predicted octanol–water partition coefficient (Wildman–Crippen LogP) is 5.14. The molecule has 3 fully saturated rings. The maximum atomic E-state index is 13.2. The van der Waals surface area contributed by atoms with Crippen LogP contribution in [0.15, 0.2) is 42.5 Å². The molecule has 5 aliphatic rings. The molecule has 7 nitrogen and oxygen atoms in total. The number of ether oxygens (including phenoxy) is 3. The number of hydrogen-bond donors (Lipinski definition) is 1. The van der Waals surface area contributed by atoms with Gasteiger partial charge < -0.3 is 19.3 Å². The first kappa shape index (κ1) is 26.0. The standard InChI is InChI=1S/C33H39NO6/c35-25-15-16-33(37)27-20-24-13-14-26(39-31(36)38-19-7-2-1-4-8-22-9-5-3-6-10-22)29-28(24)32(33,30(25)40-29)17-18-34(27)21-23-11-12-23/h3,5-6,9-10,13-14,23,27,30,37H,1-2,4,7-8,11-12,15-21H2. The molecule has 3 aliphatic carbocycles. The van der Waals surface area contributed by atoms with E-state index in [2.05, 4.69) is 29.2 Å². The van der Waals surface area contributed by atoms with Crippen molar-refractivity contribution in [2.24, 2.45) is 5.92 Å². The maximum Gasteiger partial charge on any atom is 0.513 e. The van der Waals surface area contributed by atoms with Crippen molar-refractivity contribution < 1.29 is 28.9 Å². The number of Topliss-reactive ketones (excluding diaryl/α,β-unsaturated/α-hetero) is 1. The number of carbonyl (C=O) groups excluding carboxylic acids is 2. The molecule has 0 radical (unpaired) electrons. The summed E-state index contributed by atoms with van der Waals surface area (Å²) in [6.07, 6.45) is 8.20. The highest BCUT2D eigenvalue weighted by Crippen LogP contribution is 2.65. The number of carbonyl (C=O) groups is 2. The summed E-state index contributed by atoms with van der Waals surface area (Å²) in [5, 5.41) is 12.4. The van der Waals surface area contributed by atoms with E-state index in [0.717, 1.165) is 62.2 Å².